The molecule has 1 aliphatic carbocycles. The van der Waals surface area contributed by atoms with Crippen molar-refractivity contribution in [3.63, 3.8) is 0 Å². The van der Waals surface area contributed by atoms with Gasteiger partial charge in [-0.2, -0.15) is 5.10 Å². The Morgan fingerprint density at radius 1 is 1.30 bits per heavy atom. The number of nitrogens with zero attached hydrogens (tertiary/aromatic N) is 2. The molecule has 5 heteroatoms. The van der Waals surface area contributed by atoms with Crippen molar-refractivity contribution in [3.8, 4) is 0 Å². The molecule has 2 rings (SSSR count). The summed E-state index contributed by atoms with van der Waals surface area (Å²) in [6.45, 7) is 3.40. The molecule has 1 fully saturated rings. The first-order chi connectivity index (χ1) is 9.74. The molecule has 1 N–H and O–H groups in total. The normalized spacial score (nSPS) is 17.6. The van der Waals surface area contributed by atoms with Crippen LogP contribution in [0, 0.1) is 0 Å². The molecule has 1 aliphatic rings. The van der Waals surface area contributed by atoms with E-state index in [4.69, 9.17) is 0 Å². The van der Waals surface area contributed by atoms with Gasteiger partial charge in [-0.05, 0) is 25.8 Å². The summed E-state index contributed by atoms with van der Waals surface area (Å²) < 4.78 is 28.4. The van der Waals surface area contributed by atoms with Crippen LogP contribution in [0.4, 0.5) is 8.78 Å². The van der Waals surface area contributed by atoms with Gasteiger partial charge in [-0.1, -0.05) is 32.6 Å². The monoisotopic (exact) mass is 285 g/mol. The smallest absolute Gasteiger partial charge is 0.280 e. The number of nitrogens with one attached hydrogen (secondary N) is 1. The molecule has 0 spiro atoms. The zero-order chi connectivity index (χ0) is 14.4. The topological polar surface area (TPSA) is 29.9 Å². The first-order valence-corrected chi connectivity index (χ1v) is 7.79. The van der Waals surface area contributed by atoms with Gasteiger partial charge in [-0.3, -0.25) is 4.68 Å². The van der Waals surface area contributed by atoms with Gasteiger partial charge >= 0.3 is 0 Å². The molecule has 114 valence electrons. The molecule has 1 heterocycles. The summed E-state index contributed by atoms with van der Waals surface area (Å²) in [4.78, 5) is 0. The van der Waals surface area contributed by atoms with Crippen LogP contribution in [-0.2, 0) is 6.54 Å². The Morgan fingerprint density at radius 2 is 2.00 bits per heavy atom. The van der Waals surface area contributed by atoms with Gasteiger partial charge < -0.3 is 5.32 Å². The molecule has 0 saturated heterocycles. The van der Waals surface area contributed by atoms with Crippen molar-refractivity contribution in [2.75, 3.05) is 6.54 Å². The second-order valence-electron chi connectivity index (χ2n) is 5.62. The van der Waals surface area contributed by atoms with Gasteiger partial charge in [-0.15, -0.1) is 0 Å². The van der Waals surface area contributed by atoms with E-state index < -0.39 is 6.43 Å². The predicted molar refractivity (Wildman–Crippen MR) is 75.9 cm³/mol. The fraction of sp³-hybridized carbons (Fsp3) is 0.800. The maximum absolute atomic E-state index is 13.4. The minimum Gasteiger partial charge on any atom is -0.313 e. The number of aromatic nitrogens is 2. The minimum absolute atomic E-state index is 0.125. The van der Waals surface area contributed by atoms with E-state index in [9.17, 15) is 8.78 Å². The molecule has 20 heavy (non-hydrogen) atoms. The Labute approximate surface area is 119 Å². The first-order valence-electron chi connectivity index (χ1n) is 7.79. The van der Waals surface area contributed by atoms with E-state index in [0.717, 1.165) is 38.6 Å². The summed E-state index contributed by atoms with van der Waals surface area (Å²) in [6, 6.07) is 0.154. The van der Waals surface area contributed by atoms with Crippen LogP contribution >= 0.6 is 0 Å². The molecule has 0 unspecified atom stereocenters. The summed E-state index contributed by atoms with van der Waals surface area (Å²) in [5.74, 6) is 0. The van der Waals surface area contributed by atoms with Crippen molar-refractivity contribution in [1.29, 1.82) is 0 Å². The Kier molecular flexibility index (Phi) is 5.95. The zero-order valence-corrected chi connectivity index (χ0v) is 12.2. The molecule has 0 radical (unpaired) electrons. The second-order valence-corrected chi connectivity index (χ2v) is 5.62. The lowest BCUT2D eigenvalue weighted by Crippen LogP contribution is -2.17. The Hall–Kier alpha value is -0.970. The van der Waals surface area contributed by atoms with E-state index in [1.54, 1.807) is 10.9 Å². The molecule has 0 atom stereocenters. The van der Waals surface area contributed by atoms with Gasteiger partial charge in [0.25, 0.3) is 6.43 Å². The van der Waals surface area contributed by atoms with Crippen LogP contribution in [0.2, 0.25) is 0 Å². The number of hydrogen-bond acceptors (Lipinski definition) is 2. The van der Waals surface area contributed by atoms with Gasteiger partial charge in [-0.25, -0.2) is 8.78 Å². The molecule has 0 aliphatic heterocycles. The summed E-state index contributed by atoms with van der Waals surface area (Å²) >= 11 is 0. The highest BCUT2D eigenvalue weighted by Gasteiger charge is 2.25. The van der Waals surface area contributed by atoms with E-state index in [0.29, 0.717) is 12.1 Å². The Morgan fingerprint density at radius 3 is 2.60 bits per heavy atom. The maximum atomic E-state index is 13.4. The highest BCUT2D eigenvalue weighted by molar-refractivity contribution is 5.19. The molecule has 0 amide bonds. The lowest BCUT2D eigenvalue weighted by atomic mass is 10.1. The van der Waals surface area contributed by atoms with Crippen LogP contribution in [-0.4, -0.2) is 16.3 Å². The standard InChI is InChI=1S/C15H25F2N3/c1-2-9-18-10-12-11-19-20(14(12)15(16)17)13-7-5-3-4-6-8-13/h11,13,15,18H,2-10H2,1H3. The van der Waals surface area contributed by atoms with E-state index >= 15 is 0 Å². The maximum Gasteiger partial charge on any atom is 0.280 e. The van der Waals surface area contributed by atoms with E-state index in [-0.39, 0.29) is 11.7 Å². The molecule has 3 nitrogen and oxygen atoms in total. The highest BCUT2D eigenvalue weighted by atomic mass is 19.3. The summed E-state index contributed by atoms with van der Waals surface area (Å²) in [5.41, 5.74) is 0.776. The molecule has 1 aromatic rings. The van der Waals surface area contributed by atoms with Crippen molar-refractivity contribution in [3.05, 3.63) is 17.5 Å². The first kappa shape index (κ1) is 15.4. The molecule has 1 saturated carbocycles. The fourth-order valence-electron chi connectivity index (χ4n) is 2.98. The van der Waals surface area contributed by atoms with Crippen LogP contribution in [0.25, 0.3) is 0 Å². The van der Waals surface area contributed by atoms with Crippen LogP contribution in [0.1, 0.15) is 75.6 Å². The molecule has 0 aromatic carbocycles. The third kappa shape index (κ3) is 3.78. The Balaban J connectivity index is 2.14. The van der Waals surface area contributed by atoms with Crippen molar-refractivity contribution < 1.29 is 8.78 Å². The van der Waals surface area contributed by atoms with Crippen molar-refractivity contribution in [1.82, 2.24) is 15.1 Å². The quantitative estimate of drug-likeness (QED) is 0.626. The number of alkyl halides is 2. The largest absolute Gasteiger partial charge is 0.313 e. The molecular weight excluding hydrogens is 260 g/mol. The van der Waals surface area contributed by atoms with E-state index in [1.807, 2.05) is 0 Å². The number of halogens is 2. The fourth-order valence-corrected chi connectivity index (χ4v) is 2.98. The van der Waals surface area contributed by atoms with E-state index in [2.05, 4.69) is 17.3 Å². The predicted octanol–water partition coefficient (Wildman–Crippen LogP) is 4.22. The van der Waals surface area contributed by atoms with Crippen LogP contribution < -0.4 is 5.32 Å². The third-order valence-corrected chi connectivity index (χ3v) is 4.03. The molecule has 1 aromatic heterocycles. The Bertz CT molecular complexity index is 396. The average molecular weight is 285 g/mol. The molecule has 0 bridgehead atoms. The second kappa shape index (κ2) is 7.72. The highest BCUT2D eigenvalue weighted by Crippen LogP contribution is 2.32. The van der Waals surface area contributed by atoms with Gasteiger partial charge in [0, 0.05) is 12.1 Å². The summed E-state index contributed by atoms with van der Waals surface area (Å²) in [6.07, 6.45) is 6.80. The van der Waals surface area contributed by atoms with Gasteiger partial charge in [0.05, 0.1) is 12.2 Å². The van der Waals surface area contributed by atoms with Gasteiger partial charge in [0.15, 0.2) is 0 Å². The zero-order valence-electron chi connectivity index (χ0n) is 12.2. The van der Waals surface area contributed by atoms with Crippen molar-refractivity contribution in [2.24, 2.45) is 0 Å². The number of hydrogen-bond donors (Lipinski definition) is 1. The van der Waals surface area contributed by atoms with E-state index in [1.165, 1.54) is 12.8 Å². The average Bonchev–Trinajstić information content (AvgIpc) is 2.67. The lowest BCUT2D eigenvalue weighted by molar-refractivity contribution is 0.133. The van der Waals surface area contributed by atoms with Crippen LogP contribution in [0.5, 0.6) is 0 Å². The molecular formula is C15H25F2N3. The van der Waals surface area contributed by atoms with Gasteiger partial charge in [0.2, 0.25) is 0 Å². The number of rotatable bonds is 6. The third-order valence-electron chi connectivity index (χ3n) is 4.03. The van der Waals surface area contributed by atoms with Gasteiger partial charge in [0.1, 0.15) is 5.69 Å². The SMILES string of the molecule is CCCNCc1cnn(C2CCCCCC2)c1C(F)F. The summed E-state index contributed by atoms with van der Waals surface area (Å²) in [7, 11) is 0. The van der Waals surface area contributed by atoms with Crippen LogP contribution in [0.3, 0.4) is 0 Å². The van der Waals surface area contributed by atoms with Crippen molar-refractivity contribution in [2.45, 2.75) is 70.9 Å². The van der Waals surface area contributed by atoms with Crippen LogP contribution in [0.15, 0.2) is 6.20 Å². The van der Waals surface area contributed by atoms with Crippen molar-refractivity contribution >= 4 is 0 Å². The minimum atomic E-state index is -2.45. The summed E-state index contributed by atoms with van der Waals surface area (Å²) in [5, 5.41) is 7.47. The lowest BCUT2D eigenvalue weighted by Gasteiger charge is -2.18.